The van der Waals surface area contributed by atoms with E-state index in [9.17, 15) is 0 Å². The fourth-order valence-corrected chi connectivity index (χ4v) is 6.68. The fraction of sp³-hybridized carbons (Fsp3) is 0. The number of rotatable bonds is 3. The Hall–Kier alpha value is -4.12. The van der Waals surface area contributed by atoms with Crippen LogP contribution in [-0.2, 0) is 0 Å². The van der Waals surface area contributed by atoms with E-state index in [1.54, 1.807) is 0 Å². The number of nitrogens with zero attached hydrogens (tertiary/aromatic N) is 2. The van der Waals surface area contributed by atoms with Crippen molar-refractivity contribution in [3.8, 4) is 22.5 Å². The molecule has 0 atom stereocenters. The van der Waals surface area contributed by atoms with Crippen molar-refractivity contribution in [3.63, 3.8) is 0 Å². The van der Waals surface area contributed by atoms with Gasteiger partial charge >= 0.3 is 0 Å². The van der Waals surface area contributed by atoms with E-state index in [-0.39, 0.29) is 0 Å². The Kier molecular flexibility index (Phi) is 5.48. The first kappa shape index (κ1) is 23.7. The molecule has 0 fully saturated rings. The lowest BCUT2D eigenvalue weighted by atomic mass is 10.0. The number of hydrogen-bond acceptors (Lipinski definition) is 0. The molecule has 0 aliphatic carbocycles. The second-order valence-corrected chi connectivity index (χ2v) is 12.0. The predicted molar refractivity (Wildman–Crippen MR) is 176 cm³/mol. The second-order valence-electron chi connectivity index (χ2n) is 10.1. The van der Waals surface area contributed by atoms with E-state index in [1.165, 1.54) is 60.4 Å². The molecule has 2 heterocycles. The normalized spacial score (nSPS) is 11.8. The van der Waals surface area contributed by atoms with E-state index in [0.717, 1.165) is 14.6 Å². The summed E-state index contributed by atoms with van der Waals surface area (Å²) < 4.78 is 6.87. The first-order valence-electron chi connectivity index (χ1n) is 13.2. The van der Waals surface area contributed by atoms with Gasteiger partial charge in [-0.3, -0.25) is 0 Å². The number of halogens is 2. The Bertz CT molecular complexity index is 2220. The van der Waals surface area contributed by atoms with Gasteiger partial charge in [0.2, 0.25) is 0 Å². The summed E-state index contributed by atoms with van der Waals surface area (Å²) in [6.07, 6.45) is 0. The van der Waals surface area contributed by atoms with E-state index in [4.69, 9.17) is 0 Å². The summed E-state index contributed by atoms with van der Waals surface area (Å²) in [5, 5.41) is 5.00. The molecule has 190 valence electrons. The van der Waals surface area contributed by atoms with Crippen LogP contribution in [0.15, 0.2) is 142 Å². The fourth-order valence-electron chi connectivity index (χ4n) is 6.05. The zero-order valence-electron chi connectivity index (χ0n) is 21.4. The lowest BCUT2D eigenvalue weighted by molar-refractivity contribution is 1.18. The maximum absolute atomic E-state index is 3.71. The Morgan fingerprint density at radius 1 is 0.350 bits per heavy atom. The highest BCUT2D eigenvalue weighted by atomic mass is 79.9. The molecule has 6 aromatic carbocycles. The third-order valence-electron chi connectivity index (χ3n) is 7.83. The van der Waals surface area contributed by atoms with Crippen LogP contribution in [0, 0.1) is 0 Å². The molecule has 0 bridgehead atoms. The minimum atomic E-state index is 1.08. The minimum absolute atomic E-state index is 1.08. The van der Waals surface area contributed by atoms with Gasteiger partial charge in [0.05, 0.1) is 22.1 Å². The number of hydrogen-bond donors (Lipinski definition) is 0. The van der Waals surface area contributed by atoms with Gasteiger partial charge in [-0.1, -0.05) is 80.4 Å². The molecule has 2 nitrogen and oxygen atoms in total. The molecule has 8 rings (SSSR count). The summed E-state index contributed by atoms with van der Waals surface area (Å²) in [5.74, 6) is 0. The van der Waals surface area contributed by atoms with Crippen LogP contribution in [0.25, 0.3) is 66.1 Å². The van der Waals surface area contributed by atoms with Crippen molar-refractivity contribution in [2.75, 3.05) is 0 Å². The molecule has 40 heavy (non-hydrogen) atoms. The maximum Gasteiger partial charge on any atom is 0.0541 e. The van der Waals surface area contributed by atoms with E-state index in [2.05, 4.69) is 174 Å². The summed E-state index contributed by atoms with van der Waals surface area (Å²) in [4.78, 5) is 0. The standard InChI is InChI=1S/C36H22Br2N2/c37-25-12-15-28(16-13-25)40-35-18-11-24(21-31(35)32-22-26(38)14-19-36(32)40)23-10-17-34-30(20-23)29-8-4-5-9-33(29)39(34)27-6-2-1-3-7-27/h1-22H. The number of aromatic nitrogens is 2. The molecule has 8 aromatic rings. The van der Waals surface area contributed by atoms with Gasteiger partial charge in [0.15, 0.2) is 0 Å². The smallest absolute Gasteiger partial charge is 0.0541 e. The highest BCUT2D eigenvalue weighted by molar-refractivity contribution is 9.10. The Morgan fingerprint density at radius 2 is 0.825 bits per heavy atom. The molecular weight excluding hydrogens is 620 g/mol. The molecule has 0 unspecified atom stereocenters. The van der Waals surface area contributed by atoms with Crippen molar-refractivity contribution >= 4 is 75.5 Å². The monoisotopic (exact) mass is 640 g/mol. The van der Waals surface area contributed by atoms with E-state index in [0.29, 0.717) is 0 Å². The molecule has 0 N–H and O–H groups in total. The average molecular weight is 642 g/mol. The molecular formula is C36H22Br2N2. The van der Waals surface area contributed by atoms with Crippen molar-refractivity contribution < 1.29 is 0 Å². The van der Waals surface area contributed by atoms with Gasteiger partial charge in [0.1, 0.15) is 0 Å². The van der Waals surface area contributed by atoms with Crippen LogP contribution in [-0.4, -0.2) is 9.13 Å². The lowest BCUT2D eigenvalue weighted by Crippen LogP contribution is -1.93. The Balaban J connectivity index is 1.36. The summed E-state index contributed by atoms with van der Waals surface area (Å²) >= 11 is 7.29. The van der Waals surface area contributed by atoms with Crippen LogP contribution in [0.2, 0.25) is 0 Å². The van der Waals surface area contributed by atoms with E-state index >= 15 is 0 Å². The van der Waals surface area contributed by atoms with Crippen LogP contribution in [0.3, 0.4) is 0 Å². The highest BCUT2D eigenvalue weighted by Gasteiger charge is 2.16. The van der Waals surface area contributed by atoms with Gasteiger partial charge in [0, 0.05) is 41.9 Å². The van der Waals surface area contributed by atoms with Crippen molar-refractivity contribution in [3.05, 3.63) is 142 Å². The van der Waals surface area contributed by atoms with Crippen LogP contribution >= 0.6 is 31.9 Å². The summed E-state index contributed by atoms with van der Waals surface area (Å²) in [6.45, 7) is 0. The third-order valence-corrected chi connectivity index (χ3v) is 8.85. The van der Waals surface area contributed by atoms with Crippen LogP contribution in [0.5, 0.6) is 0 Å². The van der Waals surface area contributed by atoms with E-state index in [1.807, 2.05) is 0 Å². The maximum atomic E-state index is 3.71. The van der Waals surface area contributed by atoms with Crippen LogP contribution in [0.1, 0.15) is 0 Å². The topological polar surface area (TPSA) is 9.86 Å². The van der Waals surface area contributed by atoms with Crippen molar-refractivity contribution in [1.29, 1.82) is 0 Å². The van der Waals surface area contributed by atoms with Crippen molar-refractivity contribution in [1.82, 2.24) is 9.13 Å². The van der Waals surface area contributed by atoms with Crippen LogP contribution < -0.4 is 0 Å². The lowest BCUT2D eigenvalue weighted by Gasteiger charge is -2.09. The number of fused-ring (bicyclic) bond motifs is 6. The highest BCUT2D eigenvalue weighted by Crippen LogP contribution is 2.38. The molecule has 4 heteroatoms. The van der Waals surface area contributed by atoms with Crippen molar-refractivity contribution in [2.24, 2.45) is 0 Å². The van der Waals surface area contributed by atoms with Gasteiger partial charge in [0.25, 0.3) is 0 Å². The molecule has 0 saturated carbocycles. The van der Waals surface area contributed by atoms with Crippen LogP contribution in [0.4, 0.5) is 0 Å². The SMILES string of the molecule is Brc1ccc(-n2c3ccc(Br)cc3c3cc(-c4ccc5c(c4)c4ccccc4n5-c4ccccc4)ccc32)cc1. The quantitative estimate of drug-likeness (QED) is 0.182. The zero-order valence-corrected chi connectivity index (χ0v) is 24.5. The first-order chi connectivity index (χ1) is 19.7. The van der Waals surface area contributed by atoms with Gasteiger partial charge in [-0.2, -0.15) is 0 Å². The van der Waals surface area contributed by atoms with E-state index < -0.39 is 0 Å². The van der Waals surface area contributed by atoms with Gasteiger partial charge in [-0.25, -0.2) is 0 Å². The second kappa shape index (κ2) is 9.22. The van der Waals surface area contributed by atoms with Crippen molar-refractivity contribution in [2.45, 2.75) is 0 Å². The minimum Gasteiger partial charge on any atom is -0.309 e. The third kappa shape index (κ3) is 3.67. The van der Waals surface area contributed by atoms with Gasteiger partial charge in [-0.15, -0.1) is 0 Å². The summed E-state index contributed by atoms with van der Waals surface area (Å²) in [5.41, 5.74) is 9.57. The average Bonchev–Trinajstić information content (AvgIpc) is 3.50. The molecule has 0 amide bonds. The molecule has 2 aromatic heterocycles. The molecule has 0 spiro atoms. The zero-order chi connectivity index (χ0) is 26.8. The molecule has 0 aliphatic heterocycles. The van der Waals surface area contributed by atoms with Gasteiger partial charge < -0.3 is 9.13 Å². The number of benzene rings is 6. The largest absolute Gasteiger partial charge is 0.309 e. The first-order valence-corrected chi connectivity index (χ1v) is 14.8. The Morgan fingerprint density at radius 3 is 1.50 bits per heavy atom. The molecule has 0 radical (unpaired) electrons. The Labute approximate surface area is 248 Å². The summed E-state index contributed by atoms with van der Waals surface area (Å²) in [7, 11) is 0. The predicted octanol–water partition coefficient (Wildman–Crippen LogP) is 11.1. The van der Waals surface area contributed by atoms with Gasteiger partial charge in [-0.05, 0) is 96.1 Å². The molecule has 0 saturated heterocycles. The summed E-state index contributed by atoms with van der Waals surface area (Å²) in [6, 6.07) is 48.1. The molecule has 0 aliphatic rings. The number of para-hydroxylation sites is 2.